The summed E-state index contributed by atoms with van der Waals surface area (Å²) in [5.41, 5.74) is 5.07. The lowest BCUT2D eigenvalue weighted by atomic mass is 10.1. The predicted octanol–water partition coefficient (Wildman–Crippen LogP) is 6.64. The first-order valence-corrected chi connectivity index (χ1v) is 12.1. The molecule has 5 heteroatoms. The fraction of sp³-hybridized carbons (Fsp3) is 0.214. The van der Waals surface area contributed by atoms with Crippen molar-refractivity contribution in [1.29, 1.82) is 0 Å². The molecule has 3 aromatic rings. The fourth-order valence-electron chi connectivity index (χ4n) is 3.71. The lowest BCUT2D eigenvalue weighted by molar-refractivity contribution is -0.120. The van der Waals surface area contributed by atoms with Crippen LogP contribution in [0.2, 0.25) is 0 Å². The summed E-state index contributed by atoms with van der Waals surface area (Å²) in [7, 11) is 0. The minimum atomic E-state index is -0.334. The molecule has 0 aliphatic carbocycles. The number of nitrogens with zero attached hydrogens (tertiary/aromatic N) is 1. The number of nitrogens with one attached hydrogen (secondary N) is 1. The third-order valence-electron chi connectivity index (χ3n) is 5.70. The van der Waals surface area contributed by atoms with Crippen LogP contribution in [0.1, 0.15) is 36.5 Å². The highest BCUT2D eigenvalue weighted by atomic mass is 32.2. The van der Waals surface area contributed by atoms with E-state index < -0.39 is 0 Å². The van der Waals surface area contributed by atoms with Crippen LogP contribution in [0.3, 0.4) is 0 Å². The molecule has 4 nitrogen and oxygen atoms in total. The van der Waals surface area contributed by atoms with Gasteiger partial charge in [0.25, 0.3) is 11.8 Å². The van der Waals surface area contributed by atoms with Crippen molar-refractivity contribution in [2.45, 2.75) is 44.9 Å². The highest BCUT2D eigenvalue weighted by Gasteiger charge is 2.40. The second-order valence-electron chi connectivity index (χ2n) is 8.27. The summed E-state index contributed by atoms with van der Waals surface area (Å²) in [6.07, 6.45) is 3.23. The van der Waals surface area contributed by atoms with Crippen LogP contribution < -0.4 is 10.2 Å². The summed E-state index contributed by atoms with van der Waals surface area (Å²) in [6.45, 7) is 6.16. The maximum Gasteiger partial charge on any atom is 0.283 e. The van der Waals surface area contributed by atoms with E-state index in [9.17, 15) is 9.59 Å². The molecule has 1 N–H and O–H groups in total. The Balaban J connectivity index is 1.68. The maximum atomic E-state index is 13.5. The molecule has 0 bridgehead atoms. The van der Waals surface area contributed by atoms with E-state index in [2.05, 4.69) is 12.2 Å². The normalized spacial score (nSPS) is 13.7. The molecule has 0 spiro atoms. The summed E-state index contributed by atoms with van der Waals surface area (Å²) in [5.74, 6) is -0.637. The quantitative estimate of drug-likeness (QED) is 0.386. The van der Waals surface area contributed by atoms with Gasteiger partial charge in [-0.05, 0) is 68.1 Å². The van der Waals surface area contributed by atoms with Gasteiger partial charge < -0.3 is 5.32 Å². The topological polar surface area (TPSA) is 49.4 Å². The van der Waals surface area contributed by atoms with Crippen molar-refractivity contribution in [2.24, 2.45) is 0 Å². The average molecular weight is 457 g/mol. The fourth-order valence-corrected chi connectivity index (χ4v) is 4.64. The zero-order valence-corrected chi connectivity index (χ0v) is 20.0. The monoisotopic (exact) mass is 456 g/mol. The van der Waals surface area contributed by atoms with Gasteiger partial charge in [0.2, 0.25) is 0 Å². The van der Waals surface area contributed by atoms with Crippen LogP contribution in [-0.2, 0) is 16.0 Å². The summed E-state index contributed by atoms with van der Waals surface area (Å²) in [4.78, 5) is 29.6. The van der Waals surface area contributed by atoms with Gasteiger partial charge in [0.1, 0.15) is 10.6 Å². The van der Waals surface area contributed by atoms with Crippen molar-refractivity contribution < 1.29 is 9.59 Å². The molecule has 0 fully saturated rings. The van der Waals surface area contributed by atoms with Gasteiger partial charge in [0, 0.05) is 10.6 Å². The molecule has 1 heterocycles. The van der Waals surface area contributed by atoms with Crippen LogP contribution in [0.5, 0.6) is 0 Å². The van der Waals surface area contributed by atoms with Crippen LogP contribution in [0.4, 0.5) is 11.4 Å². The third kappa shape index (κ3) is 5.04. The first-order valence-electron chi connectivity index (χ1n) is 11.3. The Labute approximate surface area is 199 Å². The van der Waals surface area contributed by atoms with E-state index in [1.165, 1.54) is 22.2 Å². The van der Waals surface area contributed by atoms with Gasteiger partial charge in [-0.15, -0.1) is 0 Å². The SMILES string of the molecule is CCCCc1ccc(N2C(=O)C(Nc3ccccc3C)=C(Sc3ccc(C)cc3)C2=O)cc1. The van der Waals surface area contributed by atoms with Gasteiger partial charge >= 0.3 is 0 Å². The number of hydrogen-bond donors (Lipinski definition) is 1. The number of hydrogen-bond acceptors (Lipinski definition) is 4. The van der Waals surface area contributed by atoms with E-state index in [4.69, 9.17) is 0 Å². The van der Waals surface area contributed by atoms with E-state index in [1.54, 1.807) is 0 Å². The average Bonchev–Trinajstić information content (AvgIpc) is 3.05. The Kier molecular flexibility index (Phi) is 6.99. The first-order chi connectivity index (χ1) is 16.0. The van der Waals surface area contributed by atoms with Crippen molar-refractivity contribution in [3.05, 3.63) is 100 Å². The smallest absolute Gasteiger partial charge is 0.283 e. The number of rotatable bonds is 8. The van der Waals surface area contributed by atoms with Crippen LogP contribution in [0.25, 0.3) is 0 Å². The molecule has 0 atom stereocenters. The number of unbranched alkanes of at least 4 members (excludes halogenated alkanes) is 1. The van der Waals surface area contributed by atoms with E-state index in [-0.39, 0.29) is 11.8 Å². The highest BCUT2D eigenvalue weighted by molar-refractivity contribution is 8.04. The van der Waals surface area contributed by atoms with Crippen molar-refractivity contribution in [1.82, 2.24) is 0 Å². The van der Waals surface area contributed by atoms with Gasteiger partial charge in [-0.3, -0.25) is 9.59 Å². The molecule has 0 saturated carbocycles. The summed E-state index contributed by atoms with van der Waals surface area (Å²) in [6, 6.07) is 23.5. The van der Waals surface area contributed by atoms with Gasteiger partial charge in [0.05, 0.1) is 5.69 Å². The molecular formula is C28H28N2O2S. The Morgan fingerprint density at radius 2 is 1.55 bits per heavy atom. The largest absolute Gasteiger partial charge is 0.350 e. The van der Waals surface area contributed by atoms with E-state index in [1.807, 2.05) is 86.6 Å². The number of aryl methyl sites for hydroxylation is 3. The van der Waals surface area contributed by atoms with Crippen molar-refractivity contribution in [2.75, 3.05) is 10.2 Å². The molecule has 1 aliphatic heterocycles. The number of benzene rings is 3. The van der Waals surface area contributed by atoms with Crippen molar-refractivity contribution in [3.63, 3.8) is 0 Å². The standard InChI is InChI=1S/C28H28N2O2S/c1-4-5-9-21-13-15-22(16-14-21)30-27(31)25(29-24-10-7-6-8-20(24)3)26(28(30)32)33-23-17-11-19(2)12-18-23/h6-8,10-18,29H,4-5,9H2,1-3H3. The van der Waals surface area contributed by atoms with Gasteiger partial charge in [-0.25, -0.2) is 4.90 Å². The van der Waals surface area contributed by atoms with E-state index in [0.29, 0.717) is 16.3 Å². The minimum absolute atomic E-state index is 0.303. The van der Waals surface area contributed by atoms with Crippen LogP contribution >= 0.6 is 11.8 Å². The van der Waals surface area contributed by atoms with Crippen LogP contribution in [0.15, 0.2) is 88.3 Å². The minimum Gasteiger partial charge on any atom is -0.350 e. The Morgan fingerprint density at radius 1 is 0.848 bits per heavy atom. The first kappa shape index (κ1) is 22.9. The predicted molar refractivity (Wildman–Crippen MR) is 136 cm³/mol. The number of amides is 2. The molecule has 0 unspecified atom stereocenters. The lowest BCUT2D eigenvalue weighted by Gasteiger charge is -2.16. The molecule has 0 radical (unpaired) electrons. The number of para-hydroxylation sites is 1. The number of imide groups is 1. The van der Waals surface area contributed by atoms with Crippen LogP contribution in [0, 0.1) is 13.8 Å². The summed E-state index contributed by atoms with van der Waals surface area (Å²) < 4.78 is 0. The van der Waals surface area contributed by atoms with Crippen LogP contribution in [-0.4, -0.2) is 11.8 Å². The maximum absolute atomic E-state index is 13.5. The number of anilines is 2. The molecule has 2 amide bonds. The second kappa shape index (κ2) is 10.1. The molecule has 3 aromatic carbocycles. The van der Waals surface area contributed by atoms with Gasteiger partial charge in [-0.1, -0.05) is 73.1 Å². The zero-order chi connectivity index (χ0) is 23.4. The Hall–Kier alpha value is -3.31. The third-order valence-corrected chi connectivity index (χ3v) is 6.79. The summed E-state index contributed by atoms with van der Waals surface area (Å²) >= 11 is 1.32. The van der Waals surface area contributed by atoms with E-state index in [0.717, 1.165) is 41.0 Å². The molecule has 1 aliphatic rings. The molecule has 0 saturated heterocycles. The molecule has 168 valence electrons. The molecule has 33 heavy (non-hydrogen) atoms. The van der Waals surface area contributed by atoms with Gasteiger partial charge in [-0.2, -0.15) is 0 Å². The summed E-state index contributed by atoms with van der Waals surface area (Å²) in [5, 5.41) is 3.26. The number of thioether (sulfide) groups is 1. The second-order valence-corrected chi connectivity index (χ2v) is 9.36. The Bertz CT molecular complexity index is 1200. The zero-order valence-electron chi connectivity index (χ0n) is 19.2. The number of carbonyl (C=O) groups excluding carboxylic acids is 2. The van der Waals surface area contributed by atoms with E-state index >= 15 is 0 Å². The highest BCUT2D eigenvalue weighted by Crippen LogP contribution is 2.38. The molecule has 4 rings (SSSR count). The van der Waals surface area contributed by atoms with Gasteiger partial charge in [0.15, 0.2) is 0 Å². The lowest BCUT2D eigenvalue weighted by Crippen LogP contribution is -2.32. The Morgan fingerprint density at radius 3 is 2.21 bits per heavy atom. The molecule has 0 aromatic heterocycles. The van der Waals surface area contributed by atoms with Crippen molar-refractivity contribution in [3.8, 4) is 0 Å². The molecular weight excluding hydrogens is 428 g/mol. The van der Waals surface area contributed by atoms with Crippen molar-refractivity contribution >= 4 is 35.0 Å². The number of carbonyl (C=O) groups is 2.